The van der Waals surface area contributed by atoms with Gasteiger partial charge in [0.05, 0.1) is 4.90 Å². The van der Waals surface area contributed by atoms with E-state index in [0.717, 1.165) is 4.31 Å². The molecule has 0 saturated carbocycles. The second kappa shape index (κ2) is 8.31. The van der Waals surface area contributed by atoms with E-state index >= 15 is 0 Å². The summed E-state index contributed by atoms with van der Waals surface area (Å²) in [5.41, 5.74) is 5.68. The van der Waals surface area contributed by atoms with E-state index in [-0.39, 0.29) is 4.90 Å². The molecule has 1 unspecified atom stereocenters. The summed E-state index contributed by atoms with van der Waals surface area (Å²) in [6.45, 7) is -0.582. The van der Waals surface area contributed by atoms with Gasteiger partial charge in [0.15, 0.2) is 0 Å². The predicted molar refractivity (Wildman–Crippen MR) is 95.7 cm³/mol. The van der Waals surface area contributed by atoms with Crippen molar-refractivity contribution in [2.24, 2.45) is 5.73 Å². The minimum absolute atomic E-state index is 0.0216. The number of primary amides is 1. The van der Waals surface area contributed by atoms with Crippen molar-refractivity contribution in [3.05, 3.63) is 65.2 Å². The molecule has 9 heteroatoms. The topological polar surface area (TPSA) is 107 Å². The van der Waals surface area contributed by atoms with E-state index in [1.165, 1.54) is 31.3 Å². The number of ether oxygens (including phenoxy) is 1. The van der Waals surface area contributed by atoms with Crippen LogP contribution in [0.15, 0.2) is 59.5 Å². The molecule has 0 saturated heterocycles. The lowest BCUT2D eigenvalue weighted by molar-refractivity contribution is -0.155. The Kier molecular flexibility index (Phi) is 6.36. The van der Waals surface area contributed by atoms with Crippen LogP contribution in [-0.4, -0.2) is 38.2 Å². The van der Waals surface area contributed by atoms with Gasteiger partial charge in [-0.15, -0.1) is 0 Å². The molecule has 0 fully saturated rings. The lowest BCUT2D eigenvalue weighted by Crippen LogP contribution is -2.35. The number of hydrogen-bond donors (Lipinski definition) is 1. The molecule has 0 aliphatic rings. The first-order valence-corrected chi connectivity index (χ1v) is 9.29. The van der Waals surface area contributed by atoms with Crippen LogP contribution in [0.3, 0.4) is 0 Å². The maximum atomic E-state index is 12.5. The number of hydrogen-bond acceptors (Lipinski definition) is 5. The summed E-state index contributed by atoms with van der Waals surface area (Å²) in [4.78, 5) is 23.7. The van der Waals surface area contributed by atoms with E-state index in [4.69, 9.17) is 22.1 Å². The number of carbonyl (C=O) groups excluding carboxylic acids is 2. The number of esters is 1. The van der Waals surface area contributed by atoms with Gasteiger partial charge in [-0.05, 0) is 24.3 Å². The standard InChI is InChI=1S/C17H17ClN2O5S/c1-20(26(23,24)14-9-7-13(18)8-10-14)11-15(21)25-16(17(19)22)12-5-3-2-4-6-12/h2-10,16H,11H2,1H3,(H2,19,22). The Morgan fingerprint density at radius 3 is 2.23 bits per heavy atom. The van der Waals surface area contributed by atoms with Crippen LogP contribution in [-0.2, 0) is 24.3 Å². The van der Waals surface area contributed by atoms with Crippen molar-refractivity contribution in [1.82, 2.24) is 4.31 Å². The highest BCUT2D eigenvalue weighted by atomic mass is 35.5. The summed E-state index contributed by atoms with van der Waals surface area (Å²) in [6.07, 6.45) is -1.30. The van der Waals surface area contributed by atoms with Gasteiger partial charge >= 0.3 is 5.97 Å². The van der Waals surface area contributed by atoms with Gasteiger partial charge in [0.1, 0.15) is 6.54 Å². The molecule has 138 valence electrons. The molecule has 0 heterocycles. The van der Waals surface area contributed by atoms with Gasteiger partial charge in [-0.2, -0.15) is 4.31 Å². The van der Waals surface area contributed by atoms with E-state index in [1.807, 2.05) is 0 Å². The van der Waals surface area contributed by atoms with Gasteiger partial charge in [0.2, 0.25) is 16.1 Å². The van der Waals surface area contributed by atoms with Crippen LogP contribution >= 0.6 is 11.6 Å². The zero-order valence-corrected chi connectivity index (χ0v) is 15.4. The largest absolute Gasteiger partial charge is 0.446 e. The number of likely N-dealkylation sites (N-methyl/N-ethyl adjacent to an activating group) is 1. The third-order valence-electron chi connectivity index (χ3n) is 3.48. The average Bonchev–Trinajstić information content (AvgIpc) is 2.60. The van der Waals surface area contributed by atoms with Crippen LogP contribution in [0, 0.1) is 0 Å². The number of nitrogens with two attached hydrogens (primary N) is 1. The lowest BCUT2D eigenvalue weighted by atomic mass is 10.1. The van der Waals surface area contributed by atoms with Gasteiger partial charge in [0, 0.05) is 17.6 Å². The molecule has 0 aliphatic heterocycles. The minimum atomic E-state index is -3.91. The van der Waals surface area contributed by atoms with Gasteiger partial charge < -0.3 is 10.5 Å². The van der Waals surface area contributed by atoms with E-state index in [0.29, 0.717) is 10.6 Å². The van der Waals surface area contributed by atoms with Gasteiger partial charge in [-0.25, -0.2) is 8.42 Å². The second-order valence-electron chi connectivity index (χ2n) is 5.40. The van der Waals surface area contributed by atoms with Crippen molar-refractivity contribution in [2.45, 2.75) is 11.0 Å². The Labute approximate surface area is 156 Å². The summed E-state index contributed by atoms with van der Waals surface area (Å²) in [5.74, 6) is -1.76. The molecule has 1 amide bonds. The fourth-order valence-electron chi connectivity index (χ4n) is 2.14. The van der Waals surface area contributed by atoms with Crippen LogP contribution in [0.1, 0.15) is 11.7 Å². The normalized spacial score (nSPS) is 12.6. The highest BCUT2D eigenvalue weighted by Crippen LogP contribution is 2.19. The van der Waals surface area contributed by atoms with Crippen molar-refractivity contribution >= 4 is 33.5 Å². The number of rotatable bonds is 7. The van der Waals surface area contributed by atoms with Crippen LogP contribution in [0.5, 0.6) is 0 Å². The van der Waals surface area contributed by atoms with Crippen molar-refractivity contribution in [2.75, 3.05) is 13.6 Å². The smallest absolute Gasteiger partial charge is 0.322 e. The Morgan fingerprint density at radius 2 is 1.69 bits per heavy atom. The first kappa shape index (κ1) is 19.9. The van der Waals surface area contributed by atoms with Crippen molar-refractivity contribution in [1.29, 1.82) is 0 Å². The number of carbonyl (C=O) groups is 2. The minimum Gasteiger partial charge on any atom is -0.446 e. The second-order valence-corrected chi connectivity index (χ2v) is 7.88. The summed E-state index contributed by atoms with van der Waals surface area (Å²) >= 11 is 5.74. The Hall–Kier alpha value is -2.42. The molecule has 7 nitrogen and oxygen atoms in total. The number of nitrogens with zero attached hydrogens (tertiary/aromatic N) is 1. The van der Waals surface area contributed by atoms with E-state index in [2.05, 4.69) is 0 Å². The molecule has 2 N–H and O–H groups in total. The first-order chi connectivity index (χ1) is 12.2. The number of halogens is 1. The van der Waals surface area contributed by atoms with E-state index < -0.39 is 34.5 Å². The van der Waals surface area contributed by atoms with Crippen LogP contribution in [0.25, 0.3) is 0 Å². The third-order valence-corrected chi connectivity index (χ3v) is 5.55. The Bertz CT molecular complexity index is 885. The maximum Gasteiger partial charge on any atom is 0.322 e. The fraction of sp³-hybridized carbons (Fsp3) is 0.176. The number of benzene rings is 2. The average molecular weight is 397 g/mol. The molecule has 0 aromatic heterocycles. The molecule has 0 spiro atoms. The lowest BCUT2D eigenvalue weighted by Gasteiger charge is -2.19. The summed E-state index contributed by atoms with van der Waals surface area (Å²) in [7, 11) is -2.68. The van der Waals surface area contributed by atoms with E-state index in [1.54, 1.807) is 30.3 Å². The number of amides is 1. The molecule has 1 atom stereocenters. The Balaban J connectivity index is 2.10. The molecule has 0 aliphatic carbocycles. The van der Waals surface area contributed by atoms with Crippen molar-refractivity contribution in [3.63, 3.8) is 0 Å². The fourth-order valence-corrected chi connectivity index (χ4v) is 3.38. The Morgan fingerprint density at radius 1 is 1.12 bits per heavy atom. The van der Waals surface area contributed by atoms with Crippen molar-refractivity contribution in [3.8, 4) is 0 Å². The molecule has 0 bridgehead atoms. The molecular weight excluding hydrogens is 380 g/mol. The quantitative estimate of drug-likeness (QED) is 0.717. The SMILES string of the molecule is CN(CC(=O)OC(C(N)=O)c1ccccc1)S(=O)(=O)c1ccc(Cl)cc1. The third kappa shape index (κ3) is 4.81. The summed E-state index contributed by atoms with van der Waals surface area (Å²) < 4.78 is 30.8. The summed E-state index contributed by atoms with van der Waals surface area (Å²) in [5, 5.41) is 0.387. The van der Waals surface area contributed by atoms with Gasteiger partial charge in [-0.3, -0.25) is 9.59 Å². The predicted octanol–water partition coefficient (Wildman–Crippen LogP) is 1.73. The van der Waals surface area contributed by atoms with E-state index in [9.17, 15) is 18.0 Å². The van der Waals surface area contributed by atoms with Crippen LogP contribution < -0.4 is 5.73 Å². The molecule has 2 aromatic carbocycles. The van der Waals surface area contributed by atoms with Crippen LogP contribution in [0.4, 0.5) is 0 Å². The highest BCUT2D eigenvalue weighted by molar-refractivity contribution is 7.89. The maximum absolute atomic E-state index is 12.5. The molecular formula is C17H17ClN2O5S. The summed E-state index contributed by atoms with van der Waals surface area (Å²) in [6, 6.07) is 13.7. The van der Waals surface area contributed by atoms with Crippen LogP contribution in [0.2, 0.25) is 5.02 Å². The zero-order valence-electron chi connectivity index (χ0n) is 13.8. The molecule has 2 aromatic rings. The monoisotopic (exact) mass is 396 g/mol. The van der Waals surface area contributed by atoms with Gasteiger partial charge in [0.25, 0.3) is 5.91 Å². The van der Waals surface area contributed by atoms with Crippen molar-refractivity contribution < 1.29 is 22.7 Å². The number of sulfonamides is 1. The molecule has 26 heavy (non-hydrogen) atoms. The zero-order chi connectivity index (χ0) is 19.3. The molecule has 2 rings (SSSR count). The molecule has 0 radical (unpaired) electrons. The highest BCUT2D eigenvalue weighted by Gasteiger charge is 2.27. The first-order valence-electron chi connectivity index (χ1n) is 7.47. The van der Waals surface area contributed by atoms with Gasteiger partial charge in [-0.1, -0.05) is 41.9 Å².